The van der Waals surface area contributed by atoms with E-state index in [4.69, 9.17) is 5.11 Å². The first-order chi connectivity index (χ1) is 7.16. The normalized spacial score (nSPS) is 10.1. The Bertz CT molecular complexity index is 499. The van der Waals surface area contributed by atoms with E-state index < -0.39 is 12.0 Å². The Hall–Kier alpha value is -1.88. The minimum absolute atomic E-state index is 0.401. The third-order valence-corrected chi connectivity index (χ3v) is 2.98. The Morgan fingerprint density at radius 3 is 2.67 bits per heavy atom. The number of rotatable bonds is 1. The zero-order valence-corrected chi connectivity index (χ0v) is 8.38. The van der Waals surface area contributed by atoms with E-state index in [2.05, 4.69) is 0 Å². The molecule has 2 amide bonds. The maximum Gasteiger partial charge on any atom is 0.411 e. The summed E-state index contributed by atoms with van der Waals surface area (Å²) in [7, 11) is 0. The van der Waals surface area contributed by atoms with Gasteiger partial charge in [0.2, 0.25) is 0 Å². The molecule has 0 atom stereocenters. The molecular weight excluding hydrogens is 214 g/mol. The molecule has 0 spiro atoms. The molecule has 2 rings (SSSR count). The molecule has 5 heteroatoms. The average Bonchev–Trinajstić information content (AvgIpc) is 2.59. The average molecular weight is 221 g/mol. The number of thiophene rings is 1. The molecule has 0 saturated heterocycles. The van der Waals surface area contributed by atoms with Gasteiger partial charge in [0.05, 0.1) is 4.88 Å². The van der Waals surface area contributed by atoms with Gasteiger partial charge in [-0.3, -0.25) is 10.1 Å². The number of carboxylic acid groups (broad SMARTS) is 1. The van der Waals surface area contributed by atoms with Gasteiger partial charge in [0.1, 0.15) is 0 Å². The van der Waals surface area contributed by atoms with Crippen LogP contribution < -0.4 is 5.32 Å². The van der Waals surface area contributed by atoms with Crippen LogP contribution in [-0.2, 0) is 0 Å². The van der Waals surface area contributed by atoms with Crippen molar-refractivity contribution in [3.8, 4) is 0 Å². The first-order valence-electron chi connectivity index (χ1n) is 4.19. The summed E-state index contributed by atoms with van der Waals surface area (Å²) in [4.78, 5) is 22.0. The lowest BCUT2D eigenvalue weighted by atomic mass is 10.2. The van der Waals surface area contributed by atoms with Crippen molar-refractivity contribution in [3.63, 3.8) is 0 Å². The zero-order valence-electron chi connectivity index (χ0n) is 7.56. The largest absolute Gasteiger partial charge is 0.465 e. The number of fused-ring (bicyclic) bond motifs is 1. The number of carbonyl (C=O) groups excluding carboxylic acids is 1. The van der Waals surface area contributed by atoms with Gasteiger partial charge in [0.15, 0.2) is 0 Å². The fourth-order valence-corrected chi connectivity index (χ4v) is 2.21. The van der Waals surface area contributed by atoms with Crippen LogP contribution in [0.5, 0.6) is 0 Å². The number of imide groups is 1. The summed E-state index contributed by atoms with van der Waals surface area (Å²) in [5.74, 6) is -0.580. The standard InChI is InChI=1S/C10H7NO3S/c12-9(11-10(13)14)8-5-6-3-1-2-4-7(6)15-8/h1-5H,(H,11,12)(H,13,14). The molecule has 0 aliphatic rings. The molecule has 2 aromatic rings. The molecule has 0 fully saturated rings. The number of amides is 2. The van der Waals surface area contributed by atoms with Gasteiger partial charge in [-0.2, -0.15) is 0 Å². The van der Waals surface area contributed by atoms with Gasteiger partial charge in [0, 0.05) is 4.70 Å². The summed E-state index contributed by atoms with van der Waals surface area (Å²) in [6, 6.07) is 9.19. The lowest BCUT2D eigenvalue weighted by Crippen LogP contribution is -2.27. The van der Waals surface area contributed by atoms with Crippen molar-refractivity contribution in [1.29, 1.82) is 0 Å². The van der Waals surface area contributed by atoms with Crippen molar-refractivity contribution < 1.29 is 14.7 Å². The summed E-state index contributed by atoms with van der Waals surface area (Å²) < 4.78 is 0.966. The fraction of sp³-hybridized carbons (Fsp3) is 0. The Morgan fingerprint density at radius 1 is 1.27 bits per heavy atom. The second-order valence-electron chi connectivity index (χ2n) is 2.91. The van der Waals surface area contributed by atoms with Crippen LogP contribution in [-0.4, -0.2) is 17.1 Å². The first-order valence-corrected chi connectivity index (χ1v) is 5.01. The van der Waals surface area contributed by atoms with Crippen LogP contribution in [0, 0.1) is 0 Å². The van der Waals surface area contributed by atoms with Gasteiger partial charge in [0.25, 0.3) is 5.91 Å². The Balaban J connectivity index is 2.36. The minimum atomic E-state index is -1.34. The molecule has 0 radical (unpaired) electrons. The first kappa shape index (κ1) is 9.67. The van der Waals surface area contributed by atoms with Crippen LogP contribution >= 0.6 is 11.3 Å². The van der Waals surface area contributed by atoms with E-state index in [9.17, 15) is 9.59 Å². The van der Waals surface area contributed by atoms with Gasteiger partial charge >= 0.3 is 6.09 Å². The Kier molecular flexibility index (Phi) is 2.39. The molecule has 0 saturated carbocycles. The van der Waals surface area contributed by atoms with E-state index in [0.29, 0.717) is 4.88 Å². The number of hydrogen-bond donors (Lipinski definition) is 2. The van der Waals surface area contributed by atoms with E-state index >= 15 is 0 Å². The highest BCUT2D eigenvalue weighted by molar-refractivity contribution is 7.20. The topological polar surface area (TPSA) is 66.4 Å². The molecule has 15 heavy (non-hydrogen) atoms. The van der Waals surface area contributed by atoms with Gasteiger partial charge in [-0.25, -0.2) is 4.79 Å². The highest BCUT2D eigenvalue weighted by Crippen LogP contribution is 2.24. The lowest BCUT2D eigenvalue weighted by Gasteiger charge is -1.93. The molecule has 2 N–H and O–H groups in total. The molecule has 0 bridgehead atoms. The summed E-state index contributed by atoms with van der Waals surface area (Å²) in [6.45, 7) is 0. The van der Waals surface area contributed by atoms with E-state index in [1.165, 1.54) is 11.3 Å². The third kappa shape index (κ3) is 1.97. The summed E-state index contributed by atoms with van der Waals surface area (Å²) >= 11 is 1.27. The van der Waals surface area contributed by atoms with Crippen LogP contribution in [0.3, 0.4) is 0 Å². The second-order valence-corrected chi connectivity index (χ2v) is 3.99. The van der Waals surface area contributed by atoms with Crippen LogP contribution in [0.4, 0.5) is 4.79 Å². The molecule has 1 aromatic carbocycles. The molecule has 1 heterocycles. The van der Waals surface area contributed by atoms with E-state index in [1.807, 2.05) is 29.6 Å². The fourth-order valence-electron chi connectivity index (χ4n) is 1.25. The van der Waals surface area contributed by atoms with E-state index in [-0.39, 0.29) is 0 Å². The SMILES string of the molecule is O=C(O)NC(=O)c1cc2ccccc2s1. The predicted molar refractivity (Wildman–Crippen MR) is 57.3 cm³/mol. The molecular formula is C10H7NO3S. The minimum Gasteiger partial charge on any atom is -0.465 e. The van der Waals surface area contributed by atoms with Crippen molar-refractivity contribution in [3.05, 3.63) is 35.2 Å². The molecule has 1 aromatic heterocycles. The highest BCUT2D eigenvalue weighted by Gasteiger charge is 2.11. The second kappa shape index (κ2) is 3.70. The summed E-state index contributed by atoms with van der Waals surface area (Å²) in [5.41, 5.74) is 0. The van der Waals surface area contributed by atoms with Crippen LogP contribution in [0.2, 0.25) is 0 Å². The number of nitrogens with one attached hydrogen (secondary N) is 1. The molecule has 0 aliphatic heterocycles. The maximum atomic E-state index is 11.3. The predicted octanol–water partition coefficient (Wildman–Crippen LogP) is 2.31. The van der Waals surface area contributed by atoms with Gasteiger partial charge in [-0.1, -0.05) is 18.2 Å². The monoisotopic (exact) mass is 221 g/mol. The van der Waals surface area contributed by atoms with Crippen LogP contribution in [0.25, 0.3) is 10.1 Å². The maximum absolute atomic E-state index is 11.3. The van der Waals surface area contributed by atoms with E-state index in [1.54, 1.807) is 6.07 Å². The highest BCUT2D eigenvalue weighted by atomic mass is 32.1. The van der Waals surface area contributed by atoms with E-state index in [0.717, 1.165) is 10.1 Å². The van der Waals surface area contributed by atoms with Crippen molar-refractivity contribution in [2.24, 2.45) is 0 Å². The van der Waals surface area contributed by atoms with Gasteiger partial charge < -0.3 is 5.11 Å². The molecule has 4 nitrogen and oxygen atoms in total. The van der Waals surface area contributed by atoms with Crippen molar-refractivity contribution >= 4 is 33.4 Å². The van der Waals surface area contributed by atoms with Crippen molar-refractivity contribution in [1.82, 2.24) is 5.32 Å². The molecule has 76 valence electrons. The van der Waals surface area contributed by atoms with Gasteiger partial charge in [-0.05, 0) is 17.5 Å². The Morgan fingerprint density at radius 2 is 2.00 bits per heavy atom. The molecule has 0 unspecified atom stereocenters. The van der Waals surface area contributed by atoms with Crippen molar-refractivity contribution in [2.45, 2.75) is 0 Å². The van der Waals surface area contributed by atoms with Crippen LogP contribution in [0.1, 0.15) is 9.67 Å². The third-order valence-electron chi connectivity index (χ3n) is 1.87. The van der Waals surface area contributed by atoms with Crippen LogP contribution in [0.15, 0.2) is 30.3 Å². The summed E-state index contributed by atoms with van der Waals surface area (Å²) in [6.07, 6.45) is -1.34. The quantitative estimate of drug-likeness (QED) is 0.776. The zero-order chi connectivity index (χ0) is 10.8. The summed E-state index contributed by atoms with van der Waals surface area (Å²) in [5, 5.41) is 11.1. The number of carbonyl (C=O) groups is 2. The Labute approximate surface area is 89.2 Å². The smallest absolute Gasteiger partial charge is 0.411 e. The lowest BCUT2D eigenvalue weighted by molar-refractivity contribution is 0.0952. The number of benzene rings is 1. The van der Waals surface area contributed by atoms with Gasteiger partial charge in [-0.15, -0.1) is 11.3 Å². The van der Waals surface area contributed by atoms with Crippen molar-refractivity contribution in [2.75, 3.05) is 0 Å². The number of hydrogen-bond acceptors (Lipinski definition) is 3. The molecule has 0 aliphatic carbocycles.